The van der Waals surface area contributed by atoms with Gasteiger partial charge in [0.15, 0.2) is 0 Å². The molecule has 2 aromatic carbocycles. The predicted octanol–water partition coefficient (Wildman–Crippen LogP) is 2.80. The number of carbonyl (C=O) groups excluding carboxylic acids is 1. The van der Waals surface area contributed by atoms with Crippen LogP contribution in [0.2, 0.25) is 0 Å². The summed E-state index contributed by atoms with van der Waals surface area (Å²) < 4.78 is 0. The van der Waals surface area contributed by atoms with Gasteiger partial charge in [-0.2, -0.15) is 0 Å². The van der Waals surface area contributed by atoms with E-state index in [0.29, 0.717) is 19.6 Å². The van der Waals surface area contributed by atoms with Gasteiger partial charge in [-0.05, 0) is 36.1 Å². The third kappa shape index (κ3) is 3.52. The number of fused-ring (bicyclic) bond motifs is 1. The lowest BCUT2D eigenvalue weighted by atomic mass is 9.94. The molecule has 1 aromatic heterocycles. The first-order chi connectivity index (χ1) is 14.1. The summed E-state index contributed by atoms with van der Waals surface area (Å²) in [4.78, 5) is 20.1. The summed E-state index contributed by atoms with van der Waals surface area (Å²) in [5.74, 6) is 0.0736. The van der Waals surface area contributed by atoms with E-state index in [9.17, 15) is 9.90 Å². The Bertz CT molecular complexity index is 1030. The number of rotatable bonds is 6. The van der Waals surface area contributed by atoms with Crippen LogP contribution in [0.15, 0.2) is 66.9 Å². The van der Waals surface area contributed by atoms with Crippen LogP contribution >= 0.6 is 0 Å². The average molecular weight is 387 g/mol. The number of β-amino-alcohol motifs (C(OH)–C–C–N with tert-alkyl or cyclic N) is 1. The smallest absolute Gasteiger partial charge is 0.231 e. The molecule has 1 atom stereocenters. The van der Waals surface area contributed by atoms with Gasteiger partial charge in [-0.15, -0.1) is 0 Å². The monoisotopic (exact) mass is 387 g/mol. The second kappa shape index (κ2) is 7.25. The SMILES string of the molecule is O=C(N[C@H](CN1CC(O)C1)c1ccccc1)C1(c2cnc3ccccc3c2)CC1. The Morgan fingerprint density at radius 1 is 1.14 bits per heavy atom. The Morgan fingerprint density at radius 2 is 1.86 bits per heavy atom. The highest BCUT2D eigenvalue weighted by atomic mass is 16.3. The molecule has 2 N–H and O–H groups in total. The van der Waals surface area contributed by atoms with E-state index in [-0.39, 0.29) is 18.1 Å². The van der Waals surface area contributed by atoms with Gasteiger partial charge < -0.3 is 10.4 Å². The molecule has 2 heterocycles. The Kier molecular flexibility index (Phi) is 4.57. The number of pyridine rings is 1. The third-order valence-electron chi connectivity index (χ3n) is 6.21. The molecule has 1 saturated carbocycles. The molecule has 0 unspecified atom stereocenters. The van der Waals surface area contributed by atoms with Crippen molar-refractivity contribution in [2.24, 2.45) is 0 Å². The third-order valence-corrected chi connectivity index (χ3v) is 6.21. The number of benzene rings is 2. The van der Waals surface area contributed by atoms with Gasteiger partial charge >= 0.3 is 0 Å². The molecule has 2 aliphatic rings. The van der Waals surface area contributed by atoms with Gasteiger partial charge in [0.25, 0.3) is 0 Å². The average Bonchev–Trinajstić information content (AvgIpc) is 3.54. The molecule has 148 valence electrons. The van der Waals surface area contributed by atoms with Crippen LogP contribution in [0.4, 0.5) is 0 Å². The van der Waals surface area contributed by atoms with Gasteiger partial charge in [0, 0.05) is 31.2 Å². The van der Waals surface area contributed by atoms with Crippen molar-refractivity contribution in [2.45, 2.75) is 30.4 Å². The van der Waals surface area contributed by atoms with Gasteiger partial charge in [-0.1, -0.05) is 48.5 Å². The molecule has 5 rings (SSSR count). The van der Waals surface area contributed by atoms with Gasteiger partial charge in [-0.25, -0.2) is 0 Å². The van der Waals surface area contributed by atoms with Crippen molar-refractivity contribution in [1.29, 1.82) is 0 Å². The number of hydrogen-bond acceptors (Lipinski definition) is 4. The van der Waals surface area contributed by atoms with E-state index in [4.69, 9.17) is 0 Å². The van der Waals surface area contributed by atoms with Crippen molar-refractivity contribution in [3.05, 3.63) is 78.0 Å². The minimum absolute atomic E-state index is 0.0736. The topological polar surface area (TPSA) is 65.5 Å². The molecule has 1 amide bonds. The number of nitrogens with one attached hydrogen (secondary N) is 1. The quantitative estimate of drug-likeness (QED) is 0.683. The standard InChI is InChI=1S/C24H25N3O2/c28-20-14-27(15-20)16-22(17-6-2-1-3-7-17)26-23(29)24(10-11-24)19-12-18-8-4-5-9-21(18)25-13-19/h1-9,12-13,20,22,28H,10-11,14-16H2,(H,26,29)/t22-/m1/s1. The fraction of sp³-hybridized carbons (Fsp3) is 0.333. The minimum Gasteiger partial charge on any atom is -0.390 e. The van der Waals surface area contributed by atoms with Crippen molar-refractivity contribution in [1.82, 2.24) is 15.2 Å². The number of carbonyl (C=O) groups is 1. The molecule has 3 aromatic rings. The first-order valence-corrected chi connectivity index (χ1v) is 10.3. The fourth-order valence-corrected chi connectivity index (χ4v) is 4.27. The molecule has 0 radical (unpaired) electrons. The number of aliphatic hydroxyl groups excluding tert-OH is 1. The molecule has 29 heavy (non-hydrogen) atoms. The van der Waals surface area contributed by atoms with E-state index in [1.165, 1.54) is 0 Å². The Hall–Kier alpha value is -2.76. The van der Waals surface area contributed by atoms with Crippen LogP contribution in [-0.2, 0) is 10.2 Å². The van der Waals surface area contributed by atoms with Crippen LogP contribution < -0.4 is 5.32 Å². The minimum atomic E-state index is -0.474. The van der Waals surface area contributed by atoms with Crippen LogP contribution in [0, 0.1) is 0 Å². The maximum Gasteiger partial charge on any atom is 0.231 e. The molecular formula is C24H25N3O2. The molecule has 1 aliphatic carbocycles. The number of nitrogens with zero attached hydrogens (tertiary/aromatic N) is 2. The normalized spacial score (nSPS) is 19.5. The maximum atomic E-state index is 13.4. The summed E-state index contributed by atoms with van der Waals surface area (Å²) in [7, 11) is 0. The molecular weight excluding hydrogens is 362 g/mol. The Morgan fingerprint density at radius 3 is 2.59 bits per heavy atom. The highest BCUT2D eigenvalue weighted by molar-refractivity contribution is 5.93. The van der Waals surface area contributed by atoms with Gasteiger partial charge in [-0.3, -0.25) is 14.7 Å². The molecule has 2 fully saturated rings. The number of likely N-dealkylation sites (tertiary alicyclic amines) is 1. The van der Waals surface area contributed by atoms with E-state index >= 15 is 0 Å². The molecule has 5 nitrogen and oxygen atoms in total. The number of aromatic nitrogens is 1. The zero-order chi connectivity index (χ0) is 19.8. The Balaban J connectivity index is 1.38. The van der Waals surface area contributed by atoms with Crippen LogP contribution in [0.3, 0.4) is 0 Å². The highest BCUT2D eigenvalue weighted by Crippen LogP contribution is 2.49. The first kappa shape index (κ1) is 18.3. The van der Waals surface area contributed by atoms with Gasteiger partial charge in [0.1, 0.15) is 0 Å². The van der Waals surface area contributed by atoms with Gasteiger partial charge in [0.2, 0.25) is 5.91 Å². The number of hydrogen-bond donors (Lipinski definition) is 2. The van der Waals surface area contributed by atoms with Crippen LogP contribution in [0.5, 0.6) is 0 Å². The summed E-state index contributed by atoms with van der Waals surface area (Å²) in [5.41, 5.74) is 2.57. The lowest BCUT2D eigenvalue weighted by Crippen LogP contribution is -2.54. The second-order valence-corrected chi connectivity index (χ2v) is 8.31. The van der Waals surface area contributed by atoms with Crippen LogP contribution in [-0.4, -0.2) is 46.6 Å². The summed E-state index contributed by atoms with van der Waals surface area (Å²) in [6.45, 7) is 2.04. The molecule has 1 saturated heterocycles. The Labute approximate surface area is 170 Å². The van der Waals surface area contributed by atoms with Crippen molar-refractivity contribution in [3.8, 4) is 0 Å². The van der Waals surface area contributed by atoms with Crippen LogP contribution in [0.25, 0.3) is 10.9 Å². The van der Waals surface area contributed by atoms with Crippen molar-refractivity contribution in [3.63, 3.8) is 0 Å². The van der Waals surface area contributed by atoms with E-state index in [2.05, 4.69) is 33.4 Å². The molecule has 0 spiro atoms. The van der Waals surface area contributed by atoms with Crippen molar-refractivity contribution >= 4 is 16.8 Å². The van der Waals surface area contributed by atoms with E-state index in [1.807, 2.05) is 48.7 Å². The highest BCUT2D eigenvalue weighted by Gasteiger charge is 2.52. The zero-order valence-corrected chi connectivity index (χ0v) is 16.3. The lowest BCUT2D eigenvalue weighted by Gasteiger charge is -2.38. The number of aliphatic hydroxyl groups is 1. The number of para-hydroxylation sites is 1. The maximum absolute atomic E-state index is 13.4. The molecule has 1 aliphatic heterocycles. The predicted molar refractivity (Wildman–Crippen MR) is 112 cm³/mol. The van der Waals surface area contributed by atoms with E-state index in [1.54, 1.807) is 0 Å². The van der Waals surface area contributed by atoms with Crippen molar-refractivity contribution in [2.75, 3.05) is 19.6 Å². The second-order valence-electron chi connectivity index (χ2n) is 8.31. The summed E-state index contributed by atoms with van der Waals surface area (Å²) in [6, 6.07) is 20.1. The first-order valence-electron chi connectivity index (χ1n) is 10.3. The van der Waals surface area contributed by atoms with Crippen molar-refractivity contribution < 1.29 is 9.90 Å². The largest absolute Gasteiger partial charge is 0.390 e. The molecule has 0 bridgehead atoms. The zero-order valence-electron chi connectivity index (χ0n) is 16.3. The summed E-state index contributed by atoms with van der Waals surface area (Å²) >= 11 is 0. The summed E-state index contributed by atoms with van der Waals surface area (Å²) in [6.07, 6.45) is 3.31. The molecule has 5 heteroatoms. The van der Waals surface area contributed by atoms with Gasteiger partial charge in [0.05, 0.1) is 23.1 Å². The fourth-order valence-electron chi connectivity index (χ4n) is 4.27. The van der Waals surface area contributed by atoms with Crippen LogP contribution in [0.1, 0.15) is 30.0 Å². The summed E-state index contributed by atoms with van der Waals surface area (Å²) in [5, 5.41) is 14.0. The lowest BCUT2D eigenvalue weighted by molar-refractivity contribution is -0.124. The van der Waals surface area contributed by atoms with E-state index in [0.717, 1.165) is 34.9 Å². The van der Waals surface area contributed by atoms with E-state index < -0.39 is 5.41 Å². The number of amides is 1.